The van der Waals surface area contributed by atoms with E-state index in [9.17, 15) is 20.0 Å². The second-order valence-corrected chi connectivity index (χ2v) is 6.73. The number of carbonyl (C=O) groups excluding carboxylic acids is 1. The number of nitro groups is 1. The van der Waals surface area contributed by atoms with Crippen molar-refractivity contribution < 1.29 is 19.6 Å². The van der Waals surface area contributed by atoms with Crippen molar-refractivity contribution in [3.05, 3.63) is 81.9 Å². The number of fused-ring (bicyclic) bond motifs is 1. The minimum atomic E-state index is -0.739. The number of carbonyl (C=O) groups is 1. The van der Waals surface area contributed by atoms with Gasteiger partial charge < -0.3 is 14.8 Å². The zero-order valence-corrected chi connectivity index (χ0v) is 16.8. The lowest BCUT2D eigenvalue weighted by Gasteiger charge is -2.05. The van der Waals surface area contributed by atoms with Crippen molar-refractivity contribution in [3.63, 3.8) is 0 Å². The molecule has 10 nitrogen and oxygen atoms in total. The minimum absolute atomic E-state index is 0.0779. The standard InChI is InChI=1S/C22H17N5O5/c1-32-19-10-13(9-18(20(19)28)27(30)31)12-23-26-22(29)15-7-8-16-17(11-15)25-21(24-16)14-5-3-2-4-6-14/h2-12,28H,1H3,(H,24,25)(H,26,29)/b23-12+. The largest absolute Gasteiger partial charge is 0.500 e. The molecule has 0 aliphatic carbocycles. The molecular weight excluding hydrogens is 414 g/mol. The molecule has 1 heterocycles. The zero-order chi connectivity index (χ0) is 22.7. The molecule has 0 unspecified atom stereocenters. The number of ether oxygens (including phenoxy) is 1. The molecule has 0 radical (unpaired) electrons. The number of aromatic nitrogens is 2. The first-order valence-corrected chi connectivity index (χ1v) is 9.40. The van der Waals surface area contributed by atoms with Crippen LogP contribution >= 0.6 is 0 Å². The molecular formula is C22H17N5O5. The topological polar surface area (TPSA) is 143 Å². The average molecular weight is 431 g/mol. The predicted octanol–water partition coefficient (Wildman–Crippen LogP) is 3.62. The summed E-state index contributed by atoms with van der Waals surface area (Å²) in [6.07, 6.45) is 1.22. The first kappa shape index (κ1) is 20.5. The van der Waals surface area contributed by atoms with Crippen molar-refractivity contribution >= 4 is 28.8 Å². The number of aromatic amines is 1. The highest BCUT2D eigenvalue weighted by Crippen LogP contribution is 2.36. The highest BCUT2D eigenvalue weighted by Gasteiger charge is 2.19. The zero-order valence-electron chi connectivity index (χ0n) is 16.8. The summed E-state index contributed by atoms with van der Waals surface area (Å²) >= 11 is 0. The molecule has 0 aliphatic rings. The predicted molar refractivity (Wildman–Crippen MR) is 118 cm³/mol. The van der Waals surface area contributed by atoms with Gasteiger partial charge in [0.15, 0.2) is 5.75 Å². The van der Waals surface area contributed by atoms with Gasteiger partial charge in [-0.15, -0.1) is 0 Å². The molecule has 4 aromatic rings. The van der Waals surface area contributed by atoms with Gasteiger partial charge in [0, 0.05) is 22.8 Å². The maximum Gasteiger partial charge on any atom is 0.315 e. The molecule has 10 heteroatoms. The summed E-state index contributed by atoms with van der Waals surface area (Å²) in [5.74, 6) is -0.439. The van der Waals surface area contributed by atoms with Crippen molar-refractivity contribution in [1.82, 2.24) is 15.4 Å². The van der Waals surface area contributed by atoms with Gasteiger partial charge in [-0.1, -0.05) is 30.3 Å². The maximum atomic E-state index is 12.5. The van der Waals surface area contributed by atoms with Crippen molar-refractivity contribution in [2.75, 3.05) is 7.11 Å². The third kappa shape index (κ3) is 4.10. The summed E-state index contributed by atoms with van der Waals surface area (Å²) in [7, 11) is 1.27. The molecule has 32 heavy (non-hydrogen) atoms. The Morgan fingerprint density at radius 3 is 2.72 bits per heavy atom. The fraction of sp³-hybridized carbons (Fsp3) is 0.0455. The van der Waals surface area contributed by atoms with E-state index < -0.39 is 22.3 Å². The first-order valence-electron chi connectivity index (χ1n) is 9.40. The van der Waals surface area contributed by atoms with Gasteiger partial charge in [-0.05, 0) is 24.3 Å². The molecule has 4 rings (SSSR count). The van der Waals surface area contributed by atoms with Gasteiger partial charge in [-0.25, -0.2) is 10.4 Å². The lowest BCUT2D eigenvalue weighted by molar-refractivity contribution is -0.386. The van der Waals surface area contributed by atoms with Crippen molar-refractivity contribution in [2.24, 2.45) is 5.10 Å². The van der Waals surface area contributed by atoms with Gasteiger partial charge in [-0.3, -0.25) is 14.9 Å². The number of aromatic hydroxyl groups is 1. The van der Waals surface area contributed by atoms with E-state index in [-0.39, 0.29) is 11.3 Å². The Morgan fingerprint density at radius 2 is 2.00 bits per heavy atom. The van der Waals surface area contributed by atoms with E-state index in [0.717, 1.165) is 11.6 Å². The number of methoxy groups -OCH3 is 1. The second-order valence-electron chi connectivity index (χ2n) is 6.73. The van der Waals surface area contributed by atoms with E-state index in [1.165, 1.54) is 19.4 Å². The highest BCUT2D eigenvalue weighted by molar-refractivity contribution is 5.98. The van der Waals surface area contributed by atoms with Crippen LogP contribution in [0.2, 0.25) is 0 Å². The maximum absolute atomic E-state index is 12.5. The van der Waals surface area contributed by atoms with Crippen molar-refractivity contribution in [3.8, 4) is 22.9 Å². The molecule has 0 fully saturated rings. The van der Waals surface area contributed by atoms with E-state index in [0.29, 0.717) is 22.4 Å². The van der Waals surface area contributed by atoms with Gasteiger partial charge in [-0.2, -0.15) is 5.10 Å². The van der Waals surface area contributed by atoms with Crippen LogP contribution in [0, 0.1) is 10.1 Å². The van der Waals surface area contributed by atoms with Gasteiger partial charge in [0.1, 0.15) is 5.82 Å². The summed E-state index contributed by atoms with van der Waals surface area (Å²) in [6.45, 7) is 0. The molecule has 0 saturated heterocycles. The molecule has 0 atom stereocenters. The lowest BCUT2D eigenvalue weighted by Crippen LogP contribution is -2.17. The van der Waals surface area contributed by atoms with Crippen LogP contribution in [0.1, 0.15) is 15.9 Å². The van der Waals surface area contributed by atoms with Gasteiger partial charge in [0.2, 0.25) is 5.75 Å². The Bertz CT molecular complexity index is 1350. The van der Waals surface area contributed by atoms with Gasteiger partial charge in [0.25, 0.3) is 5.91 Å². The normalized spacial score (nSPS) is 11.0. The third-order valence-electron chi connectivity index (χ3n) is 4.66. The van der Waals surface area contributed by atoms with Crippen LogP contribution in [0.25, 0.3) is 22.4 Å². The summed E-state index contributed by atoms with van der Waals surface area (Å²) in [6, 6.07) is 17.1. The molecule has 0 saturated carbocycles. The van der Waals surface area contributed by atoms with E-state index in [2.05, 4.69) is 20.5 Å². The van der Waals surface area contributed by atoms with Crippen LogP contribution in [0.3, 0.4) is 0 Å². The Kier molecular flexibility index (Phi) is 5.49. The Morgan fingerprint density at radius 1 is 1.22 bits per heavy atom. The summed E-state index contributed by atoms with van der Waals surface area (Å²) in [5.41, 5.74) is 4.80. The molecule has 3 aromatic carbocycles. The van der Waals surface area contributed by atoms with Crippen molar-refractivity contribution in [2.45, 2.75) is 0 Å². The summed E-state index contributed by atoms with van der Waals surface area (Å²) < 4.78 is 4.94. The van der Waals surface area contributed by atoms with Crippen LogP contribution in [-0.4, -0.2) is 39.2 Å². The third-order valence-corrected chi connectivity index (χ3v) is 4.66. The number of hydrogen-bond donors (Lipinski definition) is 3. The van der Waals surface area contributed by atoms with E-state index in [1.807, 2.05) is 30.3 Å². The highest BCUT2D eigenvalue weighted by atomic mass is 16.6. The molecule has 0 spiro atoms. The minimum Gasteiger partial charge on any atom is -0.500 e. The Hall–Kier alpha value is -4.73. The number of nitro benzene ring substituents is 1. The molecule has 1 aromatic heterocycles. The molecule has 3 N–H and O–H groups in total. The number of imidazole rings is 1. The van der Waals surface area contributed by atoms with Crippen LogP contribution in [-0.2, 0) is 0 Å². The summed E-state index contributed by atoms with van der Waals surface area (Å²) in [4.78, 5) is 30.5. The number of benzene rings is 3. The summed E-state index contributed by atoms with van der Waals surface area (Å²) in [5, 5.41) is 24.7. The number of rotatable bonds is 6. The second kappa shape index (κ2) is 8.56. The van der Waals surface area contributed by atoms with E-state index in [1.54, 1.807) is 18.2 Å². The lowest BCUT2D eigenvalue weighted by atomic mass is 10.2. The van der Waals surface area contributed by atoms with Crippen LogP contribution in [0.4, 0.5) is 5.69 Å². The van der Waals surface area contributed by atoms with E-state index in [4.69, 9.17) is 4.74 Å². The molecule has 1 amide bonds. The number of nitrogens with one attached hydrogen (secondary N) is 2. The number of hydrogen-bond acceptors (Lipinski definition) is 7. The molecule has 0 aliphatic heterocycles. The molecule has 160 valence electrons. The SMILES string of the molecule is COc1cc(/C=N/NC(=O)c2ccc3nc(-c4ccccc4)[nH]c3c2)cc([N+](=O)[O-])c1O. The quantitative estimate of drug-likeness (QED) is 0.242. The fourth-order valence-electron chi connectivity index (χ4n) is 3.10. The van der Waals surface area contributed by atoms with Crippen LogP contribution in [0.5, 0.6) is 11.5 Å². The first-order chi connectivity index (χ1) is 15.5. The Labute approximate surface area is 181 Å². The van der Waals surface area contributed by atoms with Crippen LogP contribution in [0.15, 0.2) is 65.8 Å². The van der Waals surface area contributed by atoms with Crippen LogP contribution < -0.4 is 10.2 Å². The van der Waals surface area contributed by atoms with Crippen molar-refractivity contribution in [1.29, 1.82) is 0 Å². The number of phenolic OH excluding ortho intramolecular Hbond substituents is 1. The molecule has 0 bridgehead atoms. The number of amides is 1. The smallest absolute Gasteiger partial charge is 0.315 e. The number of hydrazone groups is 1. The number of nitrogens with zero attached hydrogens (tertiary/aromatic N) is 3. The van der Waals surface area contributed by atoms with Gasteiger partial charge in [0.05, 0.1) is 29.3 Å². The number of H-pyrrole nitrogens is 1. The number of phenols is 1. The average Bonchev–Trinajstić information content (AvgIpc) is 3.23. The van der Waals surface area contributed by atoms with Gasteiger partial charge >= 0.3 is 5.69 Å². The fourth-order valence-corrected chi connectivity index (χ4v) is 3.10. The Balaban J connectivity index is 1.52. The van der Waals surface area contributed by atoms with E-state index >= 15 is 0 Å². The monoisotopic (exact) mass is 431 g/mol.